The predicted molar refractivity (Wildman–Crippen MR) is 106 cm³/mol. The van der Waals surface area contributed by atoms with Crippen molar-refractivity contribution in [2.45, 2.75) is 31.4 Å². The Bertz CT molecular complexity index is 879. The van der Waals surface area contributed by atoms with E-state index in [1.54, 1.807) is 36.3 Å². The Labute approximate surface area is 168 Å². The molecular formula is C22H23FN2O4. The van der Waals surface area contributed by atoms with Gasteiger partial charge in [-0.3, -0.25) is 14.5 Å². The van der Waals surface area contributed by atoms with E-state index in [-0.39, 0.29) is 11.8 Å². The summed E-state index contributed by atoms with van der Waals surface area (Å²) >= 11 is 0. The molecule has 0 aliphatic carbocycles. The maximum atomic E-state index is 13.3. The number of likely N-dealkylation sites (tertiary alicyclic amines) is 1. The number of carbonyl (C=O) groups excluding carboxylic acids is 2. The zero-order valence-corrected chi connectivity index (χ0v) is 16.2. The number of amides is 2. The first-order chi connectivity index (χ1) is 14.1. The number of β-lactam (4-membered cyclic amide) rings is 1. The van der Waals surface area contributed by atoms with Gasteiger partial charge in [0.05, 0.1) is 7.11 Å². The van der Waals surface area contributed by atoms with Gasteiger partial charge >= 0.3 is 0 Å². The molecule has 0 N–H and O–H groups in total. The van der Waals surface area contributed by atoms with Gasteiger partial charge in [-0.15, -0.1) is 0 Å². The summed E-state index contributed by atoms with van der Waals surface area (Å²) in [4.78, 5) is 29.4. The molecule has 2 amide bonds. The standard InChI is InChI=1S/C22H23FN2O4/c1-28-17-11-7-16(8-12-17)25-19(21(26)24-13-3-2-4-14-24)20(22(25)27)29-18-9-5-15(23)6-10-18/h5-12,19-20H,2-4,13-14H2,1H3/t19-,20-/m0/s1. The SMILES string of the molecule is COc1ccc(N2C(=O)[C@@H](Oc3ccc(F)cc3)[C@H]2C(=O)N2CCCCC2)cc1. The highest BCUT2D eigenvalue weighted by Gasteiger charge is 2.55. The van der Waals surface area contributed by atoms with Crippen LogP contribution in [-0.4, -0.2) is 49.1 Å². The Hall–Kier alpha value is -3.09. The van der Waals surface area contributed by atoms with Crippen molar-refractivity contribution in [1.29, 1.82) is 0 Å². The third kappa shape index (κ3) is 3.77. The van der Waals surface area contributed by atoms with E-state index in [2.05, 4.69) is 0 Å². The average molecular weight is 398 g/mol. The number of rotatable bonds is 5. The van der Waals surface area contributed by atoms with Crippen LogP contribution in [-0.2, 0) is 9.59 Å². The molecule has 2 heterocycles. The number of benzene rings is 2. The van der Waals surface area contributed by atoms with E-state index < -0.39 is 18.0 Å². The average Bonchev–Trinajstić information content (AvgIpc) is 2.77. The minimum atomic E-state index is -0.933. The lowest BCUT2D eigenvalue weighted by Gasteiger charge is -2.47. The second-order valence-corrected chi connectivity index (χ2v) is 7.23. The fraction of sp³-hybridized carbons (Fsp3) is 0.364. The fourth-order valence-corrected chi connectivity index (χ4v) is 3.81. The molecular weight excluding hydrogens is 375 g/mol. The number of methoxy groups -OCH3 is 1. The molecule has 2 fully saturated rings. The van der Waals surface area contributed by atoms with Crippen molar-refractivity contribution in [2.24, 2.45) is 0 Å². The van der Waals surface area contributed by atoms with E-state index in [0.717, 1.165) is 19.3 Å². The third-order valence-electron chi connectivity index (χ3n) is 5.39. The topological polar surface area (TPSA) is 59.1 Å². The number of ether oxygens (including phenoxy) is 2. The summed E-state index contributed by atoms with van der Waals surface area (Å²) in [6, 6.07) is 11.7. The van der Waals surface area contributed by atoms with Gasteiger partial charge in [-0.05, 0) is 67.8 Å². The van der Waals surface area contributed by atoms with Gasteiger partial charge in [0.25, 0.3) is 5.91 Å². The second kappa shape index (κ2) is 8.11. The zero-order valence-electron chi connectivity index (χ0n) is 16.2. The van der Waals surface area contributed by atoms with E-state index >= 15 is 0 Å². The molecule has 2 atom stereocenters. The van der Waals surface area contributed by atoms with Crippen molar-refractivity contribution in [3.8, 4) is 11.5 Å². The van der Waals surface area contributed by atoms with E-state index in [1.807, 2.05) is 0 Å². The van der Waals surface area contributed by atoms with Crippen molar-refractivity contribution >= 4 is 17.5 Å². The maximum absolute atomic E-state index is 13.3. The van der Waals surface area contributed by atoms with Crippen molar-refractivity contribution in [1.82, 2.24) is 4.90 Å². The zero-order chi connectivity index (χ0) is 20.4. The van der Waals surface area contributed by atoms with Crippen molar-refractivity contribution < 1.29 is 23.5 Å². The Morgan fingerprint density at radius 2 is 1.59 bits per heavy atom. The highest BCUT2D eigenvalue weighted by Crippen LogP contribution is 2.34. The smallest absolute Gasteiger partial charge is 0.271 e. The summed E-state index contributed by atoms with van der Waals surface area (Å²) in [6.45, 7) is 1.37. The Morgan fingerprint density at radius 3 is 2.21 bits per heavy atom. The molecule has 0 unspecified atom stereocenters. The first-order valence-electron chi connectivity index (χ1n) is 9.76. The molecule has 4 rings (SSSR count). The monoisotopic (exact) mass is 398 g/mol. The molecule has 2 aromatic rings. The van der Waals surface area contributed by atoms with Gasteiger partial charge in [0.2, 0.25) is 12.0 Å². The van der Waals surface area contributed by atoms with Crippen LogP contribution in [0.1, 0.15) is 19.3 Å². The largest absolute Gasteiger partial charge is 0.497 e. The molecule has 0 spiro atoms. The van der Waals surface area contributed by atoms with E-state index in [4.69, 9.17) is 9.47 Å². The highest BCUT2D eigenvalue weighted by atomic mass is 19.1. The first-order valence-corrected chi connectivity index (χ1v) is 9.76. The quantitative estimate of drug-likeness (QED) is 0.727. The van der Waals surface area contributed by atoms with Crippen molar-refractivity contribution in [2.75, 3.05) is 25.1 Å². The number of hydrogen-bond acceptors (Lipinski definition) is 4. The van der Waals surface area contributed by atoms with Gasteiger partial charge in [-0.1, -0.05) is 0 Å². The lowest BCUT2D eigenvalue weighted by molar-refractivity contribution is -0.148. The number of anilines is 1. The summed E-state index contributed by atoms with van der Waals surface area (Å²) in [6.07, 6.45) is 2.08. The Kier molecular flexibility index (Phi) is 5.38. The molecule has 6 nitrogen and oxygen atoms in total. The minimum Gasteiger partial charge on any atom is -0.497 e. The van der Waals surface area contributed by atoms with Crippen LogP contribution < -0.4 is 14.4 Å². The van der Waals surface area contributed by atoms with Crippen LogP contribution in [0.3, 0.4) is 0 Å². The van der Waals surface area contributed by atoms with Crippen LogP contribution in [0.15, 0.2) is 48.5 Å². The molecule has 2 aromatic carbocycles. The summed E-state index contributed by atoms with van der Waals surface area (Å²) in [5.41, 5.74) is 0.616. The molecule has 2 aliphatic heterocycles. The van der Waals surface area contributed by atoms with Crippen molar-refractivity contribution in [3.63, 3.8) is 0 Å². The molecule has 0 aromatic heterocycles. The van der Waals surface area contributed by atoms with Crippen LogP contribution >= 0.6 is 0 Å². The summed E-state index contributed by atoms with van der Waals surface area (Å²) in [5, 5.41) is 0. The second-order valence-electron chi connectivity index (χ2n) is 7.23. The lowest BCUT2D eigenvalue weighted by atomic mass is 9.94. The molecule has 0 bridgehead atoms. The number of carbonyl (C=O) groups is 2. The molecule has 0 saturated carbocycles. The van der Waals surface area contributed by atoms with Gasteiger partial charge in [0, 0.05) is 18.8 Å². The van der Waals surface area contributed by atoms with Gasteiger partial charge in [0.15, 0.2) is 6.04 Å². The minimum absolute atomic E-state index is 0.118. The van der Waals surface area contributed by atoms with E-state index in [1.165, 1.54) is 29.2 Å². The highest BCUT2D eigenvalue weighted by molar-refractivity contribution is 6.13. The van der Waals surface area contributed by atoms with Gasteiger partial charge in [-0.25, -0.2) is 4.39 Å². The third-order valence-corrected chi connectivity index (χ3v) is 5.39. The molecule has 2 aliphatic rings. The predicted octanol–water partition coefficient (Wildman–Crippen LogP) is 3.01. The first kappa shape index (κ1) is 19.2. The van der Waals surface area contributed by atoms with E-state index in [9.17, 15) is 14.0 Å². The summed E-state index contributed by atoms with van der Waals surface area (Å²) < 4.78 is 24.2. The summed E-state index contributed by atoms with van der Waals surface area (Å²) in [7, 11) is 1.57. The van der Waals surface area contributed by atoms with Crippen LogP contribution in [0, 0.1) is 5.82 Å². The number of nitrogens with zero attached hydrogens (tertiary/aromatic N) is 2. The molecule has 7 heteroatoms. The van der Waals surface area contributed by atoms with E-state index in [0.29, 0.717) is 30.3 Å². The number of hydrogen-bond donors (Lipinski definition) is 0. The van der Waals surface area contributed by atoms with Gasteiger partial charge in [-0.2, -0.15) is 0 Å². The van der Waals surface area contributed by atoms with Crippen LogP contribution in [0.4, 0.5) is 10.1 Å². The number of halogens is 1. The normalized spacial score (nSPS) is 21.5. The maximum Gasteiger partial charge on any atom is 0.271 e. The Morgan fingerprint density at radius 1 is 0.966 bits per heavy atom. The van der Waals surface area contributed by atoms with Gasteiger partial charge in [0.1, 0.15) is 17.3 Å². The molecule has 29 heavy (non-hydrogen) atoms. The lowest BCUT2D eigenvalue weighted by Crippen LogP contribution is -2.72. The summed E-state index contributed by atoms with van der Waals surface area (Å²) in [5.74, 6) is 0.218. The van der Waals surface area contributed by atoms with Crippen molar-refractivity contribution in [3.05, 3.63) is 54.3 Å². The van der Waals surface area contributed by atoms with Crippen LogP contribution in [0.25, 0.3) is 0 Å². The van der Waals surface area contributed by atoms with Crippen LogP contribution in [0.5, 0.6) is 11.5 Å². The van der Waals surface area contributed by atoms with Gasteiger partial charge < -0.3 is 14.4 Å². The van der Waals surface area contributed by atoms with Crippen LogP contribution in [0.2, 0.25) is 0 Å². The fourth-order valence-electron chi connectivity index (χ4n) is 3.81. The molecule has 2 saturated heterocycles. The molecule has 0 radical (unpaired) electrons. The Balaban J connectivity index is 1.60. The number of piperidine rings is 1. The molecule has 152 valence electrons.